The number of hydrogen-bond acceptors (Lipinski definition) is 3. The van der Waals surface area contributed by atoms with E-state index in [-0.39, 0.29) is 12.5 Å². The summed E-state index contributed by atoms with van der Waals surface area (Å²) < 4.78 is 0. The Morgan fingerprint density at radius 2 is 0.804 bits per heavy atom. The van der Waals surface area contributed by atoms with Gasteiger partial charge < -0.3 is 15.5 Å². The Bertz CT molecular complexity index is 1110. The molecule has 0 saturated heterocycles. The van der Waals surface area contributed by atoms with Crippen LogP contribution in [-0.2, 0) is 4.79 Å². The van der Waals surface area contributed by atoms with E-state index >= 15 is 0 Å². The second-order valence-corrected chi connectivity index (χ2v) is 15.1. The summed E-state index contributed by atoms with van der Waals surface area (Å²) >= 11 is 0. The van der Waals surface area contributed by atoms with Gasteiger partial charge in [-0.25, -0.2) is 0 Å². The summed E-state index contributed by atoms with van der Waals surface area (Å²) in [6, 6.07) is -0.694. The molecule has 0 saturated carbocycles. The zero-order valence-corrected chi connectivity index (χ0v) is 36.4. The lowest BCUT2D eigenvalue weighted by atomic mass is 10.0. The highest BCUT2D eigenvalue weighted by Crippen LogP contribution is 2.14. The van der Waals surface area contributed by atoms with Crippen molar-refractivity contribution in [2.45, 2.75) is 206 Å². The number of hydrogen-bond donors (Lipinski definition) is 3. The van der Waals surface area contributed by atoms with E-state index in [0.29, 0.717) is 12.8 Å². The van der Waals surface area contributed by atoms with Crippen molar-refractivity contribution < 1.29 is 15.0 Å². The number of allylic oxidation sites excluding steroid dienone is 17. The Kier molecular flexibility index (Phi) is 44.0. The molecule has 4 nitrogen and oxygen atoms in total. The minimum Gasteiger partial charge on any atom is -0.394 e. The molecule has 0 aromatic rings. The van der Waals surface area contributed by atoms with Crippen LogP contribution < -0.4 is 5.32 Å². The van der Waals surface area contributed by atoms with E-state index < -0.39 is 12.1 Å². The van der Waals surface area contributed by atoms with Crippen molar-refractivity contribution in [3.05, 3.63) is 109 Å². The molecule has 0 aromatic carbocycles. The Morgan fingerprint density at radius 3 is 1.23 bits per heavy atom. The summed E-state index contributed by atoms with van der Waals surface area (Å²) in [5.41, 5.74) is 0. The molecule has 318 valence electrons. The van der Waals surface area contributed by atoms with E-state index in [9.17, 15) is 15.0 Å². The van der Waals surface area contributed by atoms with Gasteiger partial charge in [-0.2, -0.15) is 0 Å². The summed E-state index contributed by atoms with van der Waals surface area (Å²) in [6.07, 6.45) is 70.8. The number of nitrogens with one attached hydrogen (secondary N) is 1. The summed E-state index contributed by atoms with van der Waals surface area (Å²) in [5.74, 6) is -0.164. The summed E-state index contributed by atoms with van der Waals surface area (Å²) in [4.78, 5) is 12.4. The zero-order chi connectivity index (χ0) is 40.7. The third-order valence-corrected chi connectivity index (χ3v) is 9.73. The van der Waals surface area contributed by atoms with Crippen LogP contribution in [0, 0.1) is 0 Å². The van der Waals surface area contributed by atoms with Crippen LogP contribution in [0.1, 0.15) is 194 Å². The number of aliphatic hydroxyl groups is 2. The molecule has 4 heteroatoms. The van der Waals surface area contributed by atoms with E-state index in [0.717, 1.165) is 64.2 Å². The average Bonchev–Trinajstić information content (AvgIpc) is 3.20. The smallest absolute Gasteiger partial charge is 0.220 e. The predicted molar refractivity (Wildman–Crippen MR) is 248 cm³/mol. The van der Waals surface area contributed by atoms with Crippen molar-refractivity contribution in [3.63, 3.8) is 0 Å². The van der Waals surface area contributed by atoms with E-state index in [2.05, 4.69) is 110 Å². The minimum absolute atomic E-state index is 0.164. The molecule has 0 radical (unpaired) electrons. The van der Waals surface area contributed by atoms with Crippen molar-refractivity contribution in [1.82, 2.24) is 5.32 Å². The molecule has 1 amide bonds. The van der Waals surface area contributed by atoms with Crippen molar-refractivity contribution in [2.75, 3.05) is 6.61 Å². The molecule has 0 aliphatic carbocycles. The monoisotopic (exact) mass is 774 g/mol. The van der Waals surface area contributed by atoms with Gasteiger partial charge in [0.1, 0.15) is 0 Å². The molecule has 0 bridgehead atoms. The fourth-order valence-electron chi connectivity index (χ4n) is 6.23. The highest BCUT2D eigenvalue weighted by Gasteiger charge is 2.17. The Balaban J connectivity index is 3.77. The van der Waals surface area contributed by atoms with Crippen LogP contribution in [-0.4, -0.2) is 34.9 Å². The lowest BCUT2D eigenvalue weighted by molar-refractivity contribution is -0.122. The second-order valence-electron chi connectivity index (χ2n) is 15.1. The first kappa shape index (κ1) is 53.1. The third-order valence-electron chi connectivity index (χ3n) is 9.73. The van der Waals surface area contributed by atoms with Gasteiger partial charge in [0.15, 0.2) is 0 Å². The van der Waals surface area contributed by atoms with Gasteiger partial charge in [-0.05, 0) is 83.5 Å². The van der Waals surface area contributed by atoms with Gasteiger partial charge in [0, 0.05) is 6.42 Å². The number of aliphatic hydroxyl groups excluding tert-OH is 2. The maximum Gasteiger partial charge on any atom is 0.220 e. The molecule has 0 heterocycles. The molecule has 0 spiro atoms. The lowest BCUT2D eigenvalue weighted by Crippen LogP contribution is -2.45. The molecule has 2 atom stereocenters. The fraction of sp³-hybridized carbons (Fsp3) is 0.635. The van der Waals surface area contributed by atoms with E-state index in [1.54, 1.807) is 6.08 Å². The van der Waals surface area contributed by atoms with Crippen molar-refractivity contribution in [1.29, 1.82) is 0 Å². The van der Waals surface area contributed by atoms with Gasteiger partial charge in [0.2, 0.25) is 5.91 Å². The molecule has 0 aromatic heterocycles. The van der Waals surface area contributed by atoms with Gasteiger partial charge >= 0.3 is 0 Å². The van der Waals surface area contributed by atoms with Gasteiger partial charge in [-0.15, -0.1) is 0 Å². The number of unbranched alkanes of at least 4 members (excludes halogenated alkanes) is 17. The van der Waals surface area contributed by atoms with E-state index in [4.69, 9.17) is 0 Å². The minimum atomic E-state index is -0.909. The fourth-order valence-corrected chi connectivity index (χ4v) is 6.23. The summed E-state index contributed by atoms with van der Waals surface area (Å²) in [5, 5.41) is 22.9. The van der Waals surface area contributed by atoms with Gasteiger partial charge in [0.25, 0.3) is 0 Å². The number of carbonyl (C=O) groups excluding carboxylic acids is 1. The van der Waals surface area contributed by atoms with Crippen molar-refractivity contribution in [2.24, 2.45) is 0 Å². The predicted octanol–water partition coefficient (Wildman–Crippen LogP) is 14.8. The van der Waals surface area contributed by atoms with Crippen LogP contribution in [0.4, 0.5) is 0 Å². The van der Waals surface area contributed by atoms with Crippen molar-refractivity contribution >= 4 is 5.91 Å². The molecule has 0 rings (SSSR count). The normalized spacial score (nSPS) is 14.0. The first-order valence-electron chi connectivity index (χ1n) is 23.1. The molecule has 0 fully saturated rings. The zero-order valence-electron chi connectivity index (χ0n) is 36.4. The first-order chi connectivity index (χ1) is 27.7. The molecule has 2 unspecified atom stereocenters. The number of amides is 1. The highest BCUT2D eigenvalue weighted by atomic mass is 16.3. The largest absolute Gasteiger partial charge is 0.394 e. The second kappa shape index (κ2) is 46.4. The molecular formula is C52H87NO3. The number of rotatable bonds is 40. The van der Waals surface area contributed by atoms with Crippen LogP contribution in [0.25, 0.3) is 0 Å². The Labute approximate surface area is 346 Å². The van der Waals surface area contributed by atoms with E-state index in [1.807, 2.05) is 12.2 Å². The maximum atomic E-state index is 12.4. The standard InChI is InChI=1S/C52H87NO3/c1-3-5-7-9-11-13-15-17-19-21-23-24-25-26-27-28-30-31-33-35-37-39-41-43-45-47-51(55)50(49-54)53-52(56)48-46-44-42-40-38-36-34-32-29-22-20-18-16-14-12-10-8-6-4-2/h6,8,12,14,18,20,29-32,36-39,42,44-45,47,50-51,54-55H,3-5,7,9-11,13,15-17,19,21-28,33-35,40-41,43,46,48-49H2,1-2H3,(H,53,56)/b8-6-,14-12-,20-18-,31-30+,32-29-,38-36-,39-37+,44-42-,47-45+. The SMILES string of the molecule is CC/C=C\C/C=C\C/C=C\C/C=C\C/C=C\C/C=C\CCC(=O)NC(CO)C(O)/C=C/CC/C=C/CC/C=C/CCCCCCCCCCCCCCCCC. The molecule has 0 aliphatic heterocycles. The Hall–Kier alpha value is -2.95. The maximum absolute atomic E-state index is 12.4. The van der Waals surface area contributed by atoms with Crippen LogP contribution in [0.5, 0.6) is 0 Å². The molecule has 0 aliphatic rings. The van der Waals surface area contributed by atoms with E-state index in [1.165, 1.54) is 103 Å². The van der Waals surface area contributed by atoms with Crippen LogP contribution in [0.15, 0.2) is 109 Å². The molecule has 3 N–H and O–H groups in total. The third kappa shape index (κ3) is 42.2. The van der Waals surface area contributed by atoms with Gasteiger partial charge in [-0.3, -0.25) is 4.79 Å². The molecular weight excluding hydrogens is 687 g/mol. The van der Waals surface area contributed by atoms with Gasteiger partial charge in [0.05, 0.1) is 18.8 Å². The highest BCUT2D eigenvalue weighted by molar-refractivity contribution is 5.76. The summed E-state index contributed by atoms with van der Waals surface area (Å²) in [7, 11) is 0. The van der Waals surface area contributed by atoms with Crippen LogP contribution in [0.3, 0.4) is 0 Å². The van der Waals surface area contributed by atoms with Gasteiger partial charge in [-0.1, -0.05) is 213 Å². The van der Waals surface area contributed by atoms with Crippen molar-refractivity contribution in [3.8, 4) is 0 Å². The lowest BCUT2D eigenvalue weighted by Gasteiger charge is -2.19. The Morgan fingerprint density at radius 1 is 0.446 bits per heavy atom. The first-order valence-corrected chi connectivity index (χ1v) is 23.1. The number of carbonyl (C=O) groups is 1. The summed E-state index contributed by atoms with van der Waals surface area (Å²) in [6.45, 7) is 4.14. The quantitative estimate of drug-likeness (QED) is 0.0429. The van der Waals surface area contributed by atoms with Crippen LogP contribution >= 0.6 is 0 Å². The van der Waals surface area contributed by atoms with Crippen LogP contribution in [0.2, 0.25) is 0 Å². The average molecular weight is 774 g/mol. The topological polar surface area (TPSA) is 69.6 Å². The molecule has 56 heavy (non-hydrogen) atoms.